The quantitative estimate of drug-likeness (QED) is 0.289. The topological polar surface area (TPSA) is 86.0 Å². The van der Waals surface area contributed by atoms with E-state index in [-0.39, 0.29) is 17.0 Å². The number of para-hydroxylation sites is 1. The van der Waals surface area contributed by atoms with Crippen molar-refractivity contribution in [1.82, 2.24) is 4.98 Å². The number of aromatic nitrogens is 1. The molecule has 0 unspecified atom stereocenters. The maximum atomic E-state index is 13.4. The maximum absolute atomic E-state index is 13.4. The lowest BCUT2D eigenvalue weighted by molar-refractivity contribution is 0.102. The van der Waals surface area contributed by atoms with Crippen molar-refractivity contribution in [3.8, 4) is 22.1 Å². The number of carbonyl (C=O) groups excluding carboxylic acids is 1. The van der Waals surface area contributed by atoms with Gasteiger partial charge in [-0.25, -0.2) is 9.98 Å². The first-order valence-corrected chi connectivity index (χ1v) is 12.4. The molecular formula is C26H21N3O4S2. The molecule has 0 aliphatic heterocycles. The number of fused-ring (bicyclic) bond motifs is 1. The van der Waals surface area contributed by atoms with Crippen molar-refractivity contribution in [3.63, 3.8) is 0 Å². The molecule has 35 heavy (non-hydrogen) atoms. The number of methoxy groups -OCH3 is 2. The van der Waals surface area contributed by atoms with E-state index < -0.39 is 0 Å². The molecule has 0 aliphatic rings. The monoisotopic (exact) mass is 503 g/mol. The molecule has 0 spiro atoms. The molecule has 0 saturated carbocycles. The maximum Gasteiger partial charge on any atom is 0.262 e. The van der Waals surface area contributed by atoms with Crippen LogP contribution in [0.2, 0.25) is 0 Å². The molecule has 5 aromatic rings. The van der Waals surface area contributed by atoms with Crippen molar-refractivity contribution in [2.75, 3.05) is 19.5 Å². The van der Waals surface area contributed by atoms with Gasteiger partial charge in [0.05, 0.1) is 30.5 Å². The number of thiophene rings is 1. The molecule has 176 valence electrons. The van der Waals surface area contributed by atoms with E-state index in [0.29, 0.717) is 27.9 Å². The van der Waals surface area contributed by atoms with Crippen LogP contribution in [0.3, 0.4) is 0 Å². The molecule has 3 heterocycles. The molecule has 1 amide bonds. The van der Waals surface area contributed by atoms with Gasteiger partial charge in [-0.05, 0) is 54.8 Å². The minimum Gasteiger partial charge on any atom is -0.497 e. The number of hydrogen-bond donors (Lipinski definition) is 1. The van der Waals surface area contributed by atoms with Gasteiger partial charge in [0.2, 0.25) is 5.55 Å². The molecule has 0 atom stereocenters. The summed E-state index contributed by atoms with van der Waals surface area (Å²) in [7, 11) is 3.17. The van der Waals surface area contributed by atoms with Crippen LogP contribution in [-0.4, -0.2) is 25.1 Å². The van der Waals surface area contributed by atoms with Gasteiger partial charge in [0, 0.05) is 10.3 Å². The van der Waals surface area contributed by atoms with Crippen molar-refractivity contribution in [2.45, 2.75) is 6.92 Å². The van der Waals surface area contributed by atoms with Crippen molar-refractivity contribution >= 4 is 50.4 Å². The second-order valence-corrected chi connectivity index (χ2v) is 9.66. The molecule has 0 radical (unpaired) electrons. The number of aryl methyl sites for hydroxylation is 1. The average molecular weight is 504 g/mol. The third-order valence-corrected chi connectivity index (χ3v) is 7.04. The van der Waals surface area contributed by atoms with Gasteiger partial charge in [-0.2, -0.15) is 0 Å². The highest BCUT2D eigenvalue weighted by molar-refractivity contribution is 7.17. The Morgan fingerprint density at radius 3 is 2.60 bits per heavy atom. The SMILES string of the molecule is COc1ccc(N=c2oc3c(OC)cccc3cc2C(=O)Nc2nc(-c3cccs3)c(C)s2)cc1. The second kappa shape index (κ2) is 9.73. The molecule has 3 aromatic heterocycles. The van der Waals surface area contributed by atoms with Crippen LogP contribution in [-0.2, 0) is 0 Å². The van der Waals surface area contributed by atoms with Crippen LogP contribution in [0, 0.1) is 6.92 Å². The number of hydrogen-bond acceptors (Lipinski definition) is 8. The van der Waals surface area contributed by atoms with Crippen molar-refractivity contribution in [1.29, 1.82) is 0 Å². The smallest absolute Gasteiger partial charge is 0.262 e. The molecule has 0 fully saturated rings. The summed E-state index contributed by atoms with van der Waals surface area (Å²) >= 11 is 3.04. The van der Waals surface area contributed by atoms with Crippen LogP contribution in [0.15, 0.2) is 75.5 Å². The summed E-state index contributed by atoms with van der Waals surface area (Å²) in [6.45, 7) is 1.99. The molecule has 2 aromatic carbocycles. The van der Waals surface area contributed by atoms with E-state index in [1.165, 1.54) is 11.3 Å². The number of anilines is 1. The van der Waals surface area contributed by atoms with Crippen molar-refractivity contribution in [3.05, 3.63) is 82.0 Å². The first-order chi connectivity index (χ1) is 17.1. The lowest BCUT2D eigenvalue weighted by Crippen LogP contribution is -2.21. The number of ether oxygens (including phenoxy) is 2. The van der Waals surface area contributed by atoms with Crippen LogP contribution in [0.1, 0.15) is 15.2 Å². The second-order valence-electron chi connectivity index (χ2n) is 7.51. The van der Waals surface area contributed by atoms with Gasteiger partial charge >= 0.3 is 0 Å². The lowest BCUT2D eigenvalue weighted by atomic mass is 10.1. The summed E-state index contributed by atoms with van der Waals surface area (Å²) in [6.07, 6.45) is 0. The van der Waals surface area contributed by atoms with Gasteiger partial charge in [-0.3, -0.25) is 10.1 Å². The predicted molar refractivity (Wildman–Crippen MR) is 139 cm³/mol. The van der Waals surface area contributed by atoms with Gasteiger partial charge in [-0.15, -0.1) is 22.7 Å². The Balaban J connectivity index is 1.59. The Labute approximate surface area is 209 Å². The van der Waals surface area contributed by atoms with E-state index in [0.717, 1.165) is 20.8 Å². The third-order valence-electron chi connectivity index (χ3n) is 5.28. The average Bonchev–Trinajstić information content (AvgIpc) is 3.53. The van der Waals surface area contributed by atoms with E-state index >= 15 is 0 Å². The zero-order chi connectivity index (χ0) is 24.4. The highest BCUT2D eigenvalue weighted by atomic mass is 32.1. The molecule has 9 heteroatoms. The summed E-state index contributed by atoms with van der Waals surface area (Å²) < 4.78 is 16.8. The summed E-state index contributed by atoms with van der Waals surface area (Å²) in [5.41, 5.74) is 2.44. The summed E-state index contributed by atoms with van der Waals surface area (Å²) in [5, 5.41) is 6.16. The Hall–Kier alpha value is -3.95. The number of rotatable bonds is 6. The standard InChI is InChI=1S/C26H21N3O4S2/c1-15-22(21-8-5-13-34-21)28-26(35-15)29-24(30)19-14-16-6-4-7-20(32-3)23(16)33-25(19)27-17-9-11-18(31-2)12-10-17/h4-14H,1-3H3,(H,28,29,30). The van der Waals surface area contributed by atoms with E-state index in [4.69, 9.17) is 13.9 Å². The molecule has 0 bridgehead atoms. The molecular weight excluding hydrogens is 482 g/mol. The Morgan fingerprint density at radius 2 is 1.89 bits per heavy atom. The fraction of sp³-hybridized carbons (Fsp3) is 0.115. The Kier molecular flexibility index (Phi) is 6.35. The Morgan fingerprint density at radius 1 is 1.06 bits per heavy atom. The molecule has 0 aliphatic carbocycles. The first kappa shape index (κ1) is 22.8. The van der Waals surface area contributed by atoms with Crippen LogP contribution in [0.25, 0.3) is 21.5 Å². The fourth-order valence-electron chi connectivity index (χ4n) is 3.56. The van der Waals surface area contributed by atoms with Gasteiger partial charge in [0.1, 0.15) is 11.3 Å². The van der Waals surface area contributed by atoms with Crippen molar-refractivity contribution < 1.29 is 18.7 Å². The number of benzene rings is 2. The normalized spacial score (nSPS) is 11.6. The van der Waals surface area contributed by atoms with Crippen LogP contribution < -0.4 is 20.3 Å². The van der Waals surface area contributed by atoms with Gasteiger partial charge in [-0.1, -0.05) is 18.2 Å². The third kappa shape index (κ3) is 4.68. The summed E-state index contributed by atoms with van der Waals surface area (Å²) in [6, 6.07) is 18.4. The highest BCUT2D eigenvalue weighted by Crippen LogP contribution is 2.33. The number of thiazole rings is 1. The van der Waals surface area contributed by atoms with Crippen LogP contribution in [0.5, 0.6) is 11.5 Å². The predicted octanol–water partition coefficient (Wildman–Crippen LogP) is 6.43. The highest BCUT2D eigenvalue weighted by Gasteiger charge is 2.18. The van der Waals surface area contributed by atoms with E-state index in [1.54, 1.807) is 62.0 Å². The summed E-state index contributed by atoms with van der Waals surface area (Å²) in [4.78, 5) is 24.8. The van der Waals surface area contributed by atoms with E-state index in [1.807, 2.05) is 36.6 Å². The minimum absolute atomic E-state index is 0.163. The number of carbonyl (C=O) groups is 1. The van der Waals surface area contributed by atoms with E-state index in [9.17, 15) is 4.79 Å². The van der Waals surface area contributed by atoms with E-state index in [2.05, 4.69) is 15.3 Å². The molecule has 5 rings (SSSR count). The zero-order valence-corrected chi connectivity index (χ0v) is 20.8. The van der Waals surface area contributed by atoms with Gasteiger partial charge < -0.3 is 13.9 Å². The van der Waals surface area contributed by atoms with Crippen LogP contribution >= 0.6 is 22.7 Å². The van der Waals surface area contributed by atoms with Gasteiger partial charge in [0.15, 0.2) is 16.5 Å². The number of amides is 1. The molecule has 1 N–H and O–H groups in total. The number of nitrogens with one attached hydrogen (secondary N) is 1. The van der Waals surface area contributed by atoms with Gasteiger partial charge in [0.25, 0.3) is 5.91 Å². The van der Waals surface area contributed by atoms with Crippen molar-refractivity contribution in [2.24, 2.45) is 4.99 Å². The minimum atomic E-state index is -0.364. The Bertz CT molecular complexity index is 1570. The lowest BCUT2D eigenvalue weighted by Gasteiger charge is -2.08. The number of nitrogens with zero attached hydrogens (tertiary/aromatic N) is 2. The fourth-order valence-corrected chi connectivity index (χ4v) is 5.22. The zero-order valence-electron chi connectivity index (χ0n) is 19.2. The van der Waals surface area contributed by atoms with Crippen LogP contribution in [0.4, 0.5) is 10.8 Å². The summed E-state index contributed by atoms with van der Waals surface area (Å²) in [5.74, 6) is 0.897. The molecule has 7 nitrogen and oxygen atoms in total. The first-order valence-electron chi connectivity index (χ1n) is 10.7. The largest absolute Gasteiger partial charge is 0.497 e. The molecule has 0 saturated heterocycles.